The fourth-order valence-electron chi connectivity index (χ4n) is 3.75. The number of H-pyrrole nitrogens is 1. The summed E-state index contributed by atoms with van der Waals surface area (Å²) in [6, 6.07) is 26.8. The van der Waals surface area contributed by atoms with E-state index in [-0.39, 0.29) is 22.2 Å². The van der Waals surface area contributed by atoms with Gasteiger partial charge in [-0.25, -0.2) is 8.42 Å². The largest absolute Gasteiger partial charge is 0.350 e. The van der Waals surface area contributed by atoms with Crippen LogP contribution in [0.25, 0.3) is 22.0 Å². The number of nitrogens with zero attached hydrogens (tertiary/aromatic N) is 1. The van der Waals surface area contributed by atoms with Gasteiger partial charge in [-0.1, -0.05) is 54.6 Å². The molecule has 6 nitrogen and oxygen atoms in total. The van der Waals surface area contributed by atoms with Crippen LogP contribution in [0.15, 0.2) is 113 Å². The number of aromatic nitrogens is 2. The molecule has 0 saturated heterocycles. The molecule has 34 heavy (non-hydrogen) atoms. The lowest BCUT2D eigenvalue weighted by molar-refractivity contribution is 0.0946. The van der Waals surface area contributed by atoms with E-state index in [1.807, 2.05) is 42.5 Å². The van der Waals surface area contributed by atoms with Crippen LogP contribution >= 0.6 is 0 Å². The van der Waals surface area contributed by atoms with Gasteiger partial charge in [0.25, 0.3) is 5.91 Å². The maximum absolute atomic E-state index is 13.1. The van der Waals surface area contributed by atoms with Crippen LogP contribution in [0.4, 0.5) is 0 Å². The van der Waals surface area contributed by atoms with Gasteiger partial charge in [0.2, 0.25) is 9.84 Å². The second-order valence-corrected chi connectivity index (χ2v) is 9.82. The second kappa shape index (κ2) is 8.96. The molecule has 0 fully saturated rings. The van der Waals surface area contributed by atoms with Gasteiger partial charge in [0.1, 0.15) is 5.69 Å². The molecule has 5 aromatic rings. The number of benzene rings is 3. The molecule has 0 saturated carbocycles. The minimum Gasteiger partial charge on any atom is -0.350 e. The molecule has 1 amide bonds. The summed E-state index contributed by atoms with van der Waals surface area (Å²) in [6.45, 7) is 0.276. The monoisotopic (exact) mass is 467 g/mol. The van der Waals surface area contributed by atoms with E-state index in [1.54, 1.807) is 60.9 Å². The molecular formula is C27H21N3O3S. The molecule has 2 N–H and O–H groups in total. The highest BCUT2D eigenvalue weighted by molar-refractivity contribution is 7.91. The molecule has 3 aromatic carbocycles. The van der Waals surface area contributed by atoms with Gasteiger partial charge in [0.15, 0.2) is 0 Å². The van der Waals surface area contributed by atoms with Crippen molar-refractivity contribution in [3.8, 4) is 11.1 Å². The van der Waals surface area contributed by atoms with Gasteiger partial charge >= 0.3 is 0 Å². The average molecular weight is 468 g/mol. The summed E-state index contributed by atoms with van der Waals surface area (Å²) in [5.41, 5.74) is 4.07. The Morgan fingerprint density at radius 3 is 2.15 bits per heavy atom. The van der Waals surface area contributed by atoms with Crippen LogP contribution in [0.2, 0.25) is 0 Å². The number of pyridine rings is 1. The van der Waals surface area contributed by atoms with Crippen LogP contribution in [0.3, 0.4) is 0 Å². The Hall–Kier alpha value is -4.23. The highest BCUT2D eigenvalue weighted by Crippen LogP contribution is 2.25. The van der Waals surface area contributed by atoms with Crippen molar-refractivity contribution in [3.05, 3.63) is 115 Å². The first kappa shape index (κ1) is 21.6. The zero-order valence-electron chi connectivity index (χ0n) is 18.1. The van der Waals surface area contributed by atoms with Crippen molar-refractivity contribution in [2.24, 2.45) is 0 Å². The van der Waals surface area contributed by atoms with Gasteiger partial charge < -0.3 is 10.3 Å². The Kier molecular flexibility index (Phi) is 5.69. The summed E-state index contributed by atoms with van der Waals surface area (Å²) < 4.78 is 26.1. The second-order valence-electron chi connectivity index (χ2n) is 7.87. The molecule has 0 spiro atoms. The van der Waals surface area contributed by atoms with Crippen molar-refractivity contribution in [1.82, 2.24) is 15.3 Å². The fraction of sp³-hybridized carbons (Fsp3) is 0.0370. The van der Waals surface area contributed by atoms with E-state index in [0.717, 1.165) is 27.6 Å². The number of aromatic amines is 1. The predicted molar refractivity (Wildman–Crippen MR) is 131 cm³/mol. The number of rotatable bonds is 6. The van der Waals surface area contributed by atoms with Crippen LogP contribution in [0, 0.1) is 0 Å². The zero-order valence-corrected chi connectivity index (χ0v) is 18.9. The lowest BCUT2D eigenvalue weighted by Gasteiger charge is -2.08. The van der Waals surface area contributed by atoms with E-state index in [4.69, 9.17) is 0 Å². The van der Waals surface area contributed by atoms with Crippen molar-refractivity contribution in [2.75, 3.05) is 0 Å². The van der Waals surface area contributed by atoms with E-state index in [0.29, 0.717) is 5.69 Å². The molecule has 2 heterocycles. The molecule has 168 valence electrons. The van der Waals surface area contributed by atoms with Crippen molar-refractivity contribution in [3.63, 3.8) is 0 Å². The first-order valence-electron chi connectivity index (χ1n) is 10.7. The topological polar surface area (TPSA) is 91.9 Å². The molecule has 0 bridgehead atoms. The molecule has 0 atom stereocenters. The van der Waals surface area contributed by atoms with E-state index >= 15 is 0 Å². The average Bonchev–Trinajstić information content (AvgIpc) is 3.33. The van der Waals surface area contributed by atoms with Crippen molar-refractivity contribution >= 4 is 26.6 Å². The molecule has 2 aromatic heterocycles. The number of hydrogen-bond donors (Lipinski definition) is 2. The number of amides is 1. The third-order valence-electron chi connectivity index (χ3n) is 5.62. The first-order valence-corrected chi connectivity index (χ1v) is 12.2. The molecule has 5 rings (SSSR count). The maximum Gasteiger partial charge on any atom is 0.267 e. The smallest absolute Gasteiger partial charge is 0.267 e. The Morgan fingerprint density at radius 1 is 0.824 bits per heavy atom. The quantitative estimate of drug-likeness (QED) is 0.368. The highest BCUT2D eigenvalue weighted by Gasteiger charge is 2.18. The predicted octanol–water partition coefficient (Wildman–Crippen LogP) is 4.99. The number of nitrogens with one attached hydrogen (secondary N) is 2. The number of carbonyl (C=O) groups excluding carboxylic acids is 1. The zero-order chi connectivity index (χ0) is 23.5. The first-order chi connectivity index (χ1) is 16.5. The van der Waals surface area contributed by atoms with Crippen LogP contribution in [0.5, 0.6) is 0 Å². The SMILES string of the molecule is O=C(NCc1ccc(S(=O)(=O)c2ccc(-c3ccccc3)cc2)cc1)c1cc2cnccc2[nH]1. The number of carbonyl (C=O) groups is 1. The summed E-state index contributed by atoms with van der Waals surface area (Å²) in [6.07, 6.45) is 3.35. The molecule has 0 aliphatic carbocycles. The van der Waals surface area contributed by atoms with Gasteiger partial charge in [0, 0.05) is 29.8 Å². The summed E-state index contributed by atoms with van der Waals surface area (Å²) in [4.78, 5) is 20.0. The number of sulfone groups is 1. The Bertz CT molecular complexity index is 1520. The summed E-state index contributed by atoms with van der Waals surface area (Å²) in [5, 5.41) is 3.71. The molecule has 0 unspecified atom stereocenters. The van der Waals surface area contributed by atoms with E-state index < -0.39 is 9.84 Å². The van der Waals surface area contributed by atoms with Crippen LogP contribution < -0.4 is 5.32 Å². The van der Waals surface area contributed by atoms with E-state index in [1.165, 1.54) is 0 Å². The Balaban J connectivity index is 1.27. The molecule has 0 aliphatic rings. The third-order valence-corrected chi connectivity index (χ3v) is 7.41. The van der Waals surface area contributed by atoms with Gasteiger partial charge in [-0.05, 0) is 53.1 Å². The summed E-state index contributed by atoms with van der Waals surface area (Å²) in [7, 11) is -3.64. The van der Waals surface area contributed by atoms with Crippen molar-refractivity contribution < 1.29 is 13.2 Å². The maximum atomic E-state index is 13.1. The molecule has 7 heteroatoms. The minimum absolute atomic E-state index is 0.207. The lowest BCUT2D eigenvalue weighted by Crippen LogP contribution is -2.23. The lowest BCUT2D eigenvalue weighted by atomic mass is 10.1. The molecule has 0 aliphatic heterocycles. The van der Waals surface area contributed by atoms with E-state index in [9.17, 15) is 13.2 Å². The summed E-state index contributed by atoms with van der Waals surface area (Å²) >= 11 is 0. The Labute approximate surface area is 197 Å². The highest BCUT2D eigenvalue weighted by atomic mass is 32.2. The van der Waals surface area contributed by atoms with Crippen LogP contribution in [0.1, 0.15) is 16.1 Å². The minimum atomic E-state index is -3.64. The molecule has 0 radical (unpaired) electrons. The van der Waals surface area contributed by atoms with Crippen LogP contribution in [-0.2, 0) is 16.4 Å². The van der Waals surface area contributed by atoms with Gasteiger partial charge in [-0.15, -0.1) is 0 Å². The van der Waals surface area contributed by atoms with Crippen LogP contribution in [-0.4, -0.2) is 24.3 Å². The molecular weight excluding hydrogens is 446 g/mol. The Morgan fingerprint density at radius 2 is 1.47 bits per heavy atom. The van der Waals surface area contributed by atoms with Crippen molar-refractivity contribution in [2.45, 2.75) is 16.3 Å². The summed E-state index contributed by atoms with van der Waals surface area (Å²) in [5.74, 6) is -0.244. The fourth-order valence-corrected chi connectivity index (χ4v) is 5.01. The number of hydrogen-bond acceptors (Lipinski definition) is 4. The van der Waals surface area contributed by atoms with Gasteiger partial charge in [0.05, 0.1) is 9.79 Å². The van der Waals surface area contributed by atoms with Gasteiger partial charge in [-0.2, -0.15) is 0 Å². The van der Waals surface area contributed by atoms with Crippen molar-refractivity contribution in [1.29, 1.82) is 0 Å². The number of fused-ring (bicyclic) bond motifs is 1. The standard InChI is InChI=1S/C27H21N3O3S/c31-27(26-16-22-18-28-15-14-25(22)30-26)29-17-19-6-10-23(11-7-19)34(32,33)24-12-8-21(9-13-24)20-4-2-1-3-5-20/h1-16,18,30H,17H2,(H,29,31). The normalized spacial score (nSPS) is 11.4. The third kappa shape index (κ3) is 4.33. The van der Waals surface area contributed by atoms with Gasteiger partial charge in [-0.3, -0.25) is 9.78 Å². The van der Waals surface area contributed by atoms with E-state index in [2.05, 4.69) is 15.3 Å².